The van der Waals surface area contributed by atoms with Crippen LogP contribution in [0.5, 0.6) is 0 Å². The minimum atomic E-state index is -1.87. The molecule has 19 atom stereocenters. The molecule has 46 nitrogen and oxygen atoms in total. The monoisotopic (exact) mass is 1750 g/mol. The number of carboxylic acid groups (broad SMARTS) is 2. The summed E-state index contributed by atoms with van der Waals surface area (Å²) in [6, 6.07) is -12.5. The number of carbonyl (C=O) groups excluding carboxylic acids is 17. The fourth-order valence-electron chi connectivity index (χ4n) is 12.6. The molecule has 1 heterocycles. The number of rotatable bonds is 57. The number of carbonyl (C=O) groups is 19. The van der Waals surface area contributed by atoms with E-state index in [-0.39, 0.29) is 89.8 Å². The molecule has 46 heteroatoms. The molecular formula is C78H130N24O22. The molecule has 1 aliphatic rings. The van der Waals surface area contributed by atoms with Gasteiger partial charge in [-0.1, -0.05) is 111 Å². The quantitative estimate of drug-likeness (QED) is 0.0164. The number of likely N-dealkylation sites (tertiary alicyclic amines) is 1. The lowest BCUT2D eigenvalue weighted by Gasteiger charge is -2.31. The lowest BCUT2D eigenvalue weighted by molar-refractivity contribution is -0.144. The molecule has 0 radical (unpaired) electrons. The minimum Gasteiger partial charge on any atom is -0.481 e. The van der Waals surface area contributed by atoms with Crippen LogP contribution in [0, 0.1) is 34.5 Å². The summed E-state index contributed by atoms with van der Waals surface area (Å²) >= 11 is 0. The second-order valence-corrected chi connectivity index (χ2v) is 30.9. The second kappa shape index (κ2) is 54.9. The van der Waals surface area contributed by atoms with Gasteiger partial charge in [0, 0.05) is 38.9 Å². The molecule has 1 fully saturated rings. The van der Waals surface area contributed by atoms with Crippen LogP contribution >= 0.6 is 0 Å². The molecule has 2 rings (SSSR count). The first kappa shape index (κ1) is 108. The van der Waals surface area contributed by atoms with Crippen LogP contribution in [-0.4, -0.2) is 268 Å². The third-order valence-electron chi connectivity index (χ3n) is 21.0. The zero-order chi connectivity index (χ0) is 93.9. The van der Waals surface area contributed by atoms with Gasteiger partial charge < -0.3 is 134 Å². The van der Waals surface area contributed by atoms with Gasteiger partial charge in [-0.3, -0.25) is 97.1 Å². The molecule has 1 aromatic rings. The highest BCUT2D eigenvalue weighted by molar-refractivity contribution is 6.01. The van der Waals surface area contributed by atoms with Crippen molar-refractivity contribution >= 4 is 124 Å². The maximum atomic E-state index is 14.6. The van der Waals surface area contributed by atoms with Crippen molar-refractivity contribution in [2.75, 3.05) is 32.7 Å². The van der Waals surface area contributed by atoms with Crippen molar-refractivity contribution in [3.05, 3.63) is 35.9 Å². The first-order valence-electron chi connectivity index (χ1n) is 41.3. The standard InChI is InChI=1S/C78H130N24O22/c1-12-38(5)58(81)71(118)95-49(28-30-54(80)105)67(114)94-48(27-29-53(79)104)66(113)93-47(25-20-32-87-78(84)85)65(112)90-42(9)63(110)98-59(39(6)13-2)72(119)91-43(10)75(122)102-33-21-26-52(102)70(117)97-50(34-45-22-17-16-18-23-45)68(115)101-62(44(11)103)74(121)96-46(24-19-31-86-77(82)83)64(111)89-36-55(106)88-37-56(107)92-51(35-57(108)109)69(116)99-60(40(7)14-3)73(120)100-61(76(123)124)41(8)15-4/h16-18,22-23,38-44,46-52,58-62,103H,12-15,19-21,24-37,81H2,1-11H3,(H2,79,104)(H2,80,105)(H,88,106)(H,89,111)(H,90,112)(H,91,119)(H,92,107)(H,93,113)(H,94,114)(H,95,118)(H,96,121)(H,97,117)(H,98,110)(H,99,116)(H,100,120)(H,101,115)(H,108,109)(H,123,124)(H4,82,83,86)(H4,84,85,87)/t38-,39-,40-,41-,42-,43-,44+,46-,47-,48-,49-,50-,51-,52-,58-,59-,60-,61-,62-/m0/s1. The number of hydrogen-bond acceptors (Lipinski definition) is 23. The number of amides is 17. The third kappa shape index (κ3) is 38.4. The van der Waals surface area contributed by atoms with E-state index in [4.69, 9.17) is 39.5 Å². The number of nitrogens with two attached hydrogens (primary N) is 5. The number of nitrogens with one attached hydrogen (secondary N) is 18. The Balaban J connectivity index is 2.37. The van der Waals surface area contributed by atoms with Gasteiger partial charge in [0.1, 0.15) is 78.5 Å². The number of hydrogen-bond donors (Lipinski definition) is 26. The molecule has 1 aromatic carbocycles. The van der Waals surface area contributed by atoms with E-state index in [0.717, 1.165) is 6.92 Å². The Morgan fingerprint density at radius 2 is 0.847 bits per heavy atom. The van der Waals surface area contributed by atoms with Crippen molar-refractivity contribution < 1.29 is 106 Å². The average Bonchev–Trinajstić information content (AvgIpc) is 1.67. The molecule has 694 valence electrons. The molecule has 0 aliphatic carbocycles. The van der Waals surface area contributed by atoms with E-state index in [0.29, 0.717) is 24.8 Å². The first-order valence-corrected chi connectivity index (χ1v) is 41.3. The van der Waals surface area contributed by atoms with Crippen LogP contribution in [0.15, 0.2) is 30.3 Å². The summed E-state index contributed by atoms with van der Waals surface area (Å²) < 4.78 is 0. The molecule has 0 unspecified atom stereocenters. The summed E-state index contributed by atoms with van der Waals surface area (Å²) in [7, 11) is 0. The molecule has 0 spiro atoms. The van der Waals surface area contributed by atoms with Gasteiger partial charge in [0.25, 0.3) is 0 Å². The lowest BCUT2D eigenvalue weighted by atomic mass is 9.95. The van der Waals surface area contributed by atoms with Crippen molar-refractivity contribution in [1.29, 1.82) is 10.8 Å². The van der Waals surface area contributed by atoms with E-state index >= 15 is 0 Å². The summed E-state index contributed by atoms with van der Waals surface area (Å²) in [6.45, 7) is 15.3. The van der Waals surface area contributed by atoms with Crippen LogP contribution in [0.3, 0.4) is 0 Å². The van der Waals surface area contributed by atoms with Crippen LogP contribution < -0.4 is 114 Å². The fraction of sp³-hybridized carbons (Fsp3) is 0.654. The normalized spacial score (nSPS) is 16.6. The number of nitrogens with zero attached hydrogens (tertiary/aromatic N) is 1. The van der Waals surface area contributed by atoms with Gasteiger partial charge in [0.15, 0.2) is 11.9 Å². The summed E-state index contributed by atoms with van der Waals surface area (Å²) in [5, 5.41) is 84.9. The SMILES string of the molecule is CC[C@H](C)[C@H](N)C(=O)N[C@@H](CCC(N)=O)C(=O)N[C@@H](CCC(N)=O)C(=O)N[C@@H](CCCNC(=N)N)C(=O)N[C@@H](C)C(=O)N[C@H](C(=O)N[C@@H](C)C(=O)N1CCC[C@H]1C(=O)N[C@@H](Cc1ccccc1)C(=O)N[C@H](C(=O)N[C@@H](CCCNC(=N)N)C(=O)NCC(=O)NCC(=O)N[C@@H](CC(=O)O)C(=O)N[C@H](C(=O)N[C@H](C(=O)O)[C@@H](C)CC)[C@@H](C)CC)[C@@H](C)O)[C@@H](C)CC. The molecule has 1 aliphatic heterocycles. The highest BCUT2D eigenvalue weighted by Gasteiger charge is 2.42. The second-order valence-electron chi connectivity index (χ2n) is 30.9. The minimum absolute atomic E-state index is 0.00937. The van der Waals surface area contributed by atoms with Crippen molar-refractivity contribution in [3.8, 4) is 0 Å². The first-order chi connectivity index (χ1) is 58.2. The number of aliphatic hydroxyl groups excluding tert-OH is 1. The van der Waals surface area contributed by atoms with Gasteiger partial charge >= 0.3 is 11.9 Å². The van der Waals surface area contributed by atoms with Gasteiger partial charge in [-0.25, -0.2) is 4.79 Å². The van der Waals surface area contributed by atoms with Crippen LogP contribution in [0.1, 0.15) is 178 Å². The molecule has 124 heavy (non-hydrogen) atoms. The highest BCUT2D eigenvalue weighted by Crippen LogP contribution is 2.21. The van der Waals surface area contributed by atoms with Crippen molar-refractivity contribution in [1.82, 2.24) is 90.0 Å². The molecule has 0 aromatic heterocycles. The molecule has 1 saturated heterocycles. The lowest BCUT2D eigenvalue weighted by Crippen LogP contribution is -2.61. The number of carboxylic acids is 2. The summed E-state index contributed by atoms with van der Waals surface area (Å²) in [6.07, 6.45) is -3.19. The van der Waals surface area contributed by atoms with E-state index in [2.05, 4.69) is 85.1 Å². The predicted octanol–water partition coefficient (Wildman–Crippen LogP) is -7.18. The van der Waals surface area contributed by atoms with E-state index in [1.807, 2.05) is 0 Å². The zero-order valence-electron chi connectivity index (χ0n) is 72.1. The topological polar surface area (TPSA) is 759 Å². The van der Waals surface area contributed by atoms with Gasteiger partial charge in [0.05, 0.1) is 31.7 Å². The van der Waals surface area contributed by atoms with Crippen LogP contribution in [0.25, 0.3) is 0 Å². The van der Waals surface area contributed by atoms with Crippen LogP contribution in [0.4, 0.5) is 0 Å². The molecule has 0 bridgehead atoms. The molecule has 0 saturated carbocycles. The molecule has 31 N–H and O–H groups in total. The smallest absolute Gasteiger partial charge is 0.326 e. The Labute approximate surface area is 719 Å². The van der Waals surface area contributed by atoms with Crippen LogP contribution in [-0.2, 0) is 97.5 Å². The predicted molar refractivity (Wildman–Crippen MR) is 448 cm³/mol. The summed E-state index contributed by atoms with van der Waals surface area (Å²) in [5.41, 5.74) is 28.3. The number of benzene rings is 1. The Morgan fingerprint density at radius 3 is 1.33 bits per heavy atom. The molecular weight excluding hydrogens is 1630 g/mol. The third-order valence-corrected chi connectivity index (χ3v) is 21.0. The van der Waals surface area contributed by atoms with E-state index in [1.54, 1.807) is 85.7 Å². The number of aliphatic hydroxyl groups is 1. The van der Waals surface area contributed by atoms with E-state index in [1.165, 1.54) is 18.7 Å². The summed E-state index contributed by atoms with van der Waals surface area (Å²) in [4.78, 5) is 258. The van der Waals surface area contributed by atoms with Gasteiger partial charge in [-0.15, -0.1) is 0 Å². The highest BCUT2D eigenvalue weighted by atomic mass is 16.4. The largest absolute Gasteiger partial charge is 0.481 e. The maximum absolute atomic E-state index is 14.6. The molecule has 17 amide bonds. The van der Waals surface area contributed by atoms with Crippen LogP contribution in [0.2, 0.25) is 0 Å². The number of aliphatic carboxylic acids is 2. The Morgan fingerprint density at radius 1 is 0.435 bits per heavy atom. The van der Waals surface area contributed by atoms with Gasteiger partial charge in [-0.05, 0) is 101 Å². The van der Waals surface area contributed by atoms with Gasteiger partial charge in [-0.2, -0.15) is 0 Å². The average molecular weight is 1760 g/mol. The maximum Gasteiger partial charge on any atom is 0.326 e. The van der Waals surface area contributed by atoms with Crippen molar-refractivity contribution in [2.24, 2.45) is 52.3 Å². The Bertz CT molecular complexity index is 3880. The Kier molecular flexibility index (Phi) is 47.7. The van der Waals surface area contributed by atoms with Crippen molar-refractivity contribution in [3.63, 3.8) is 0 Å². The zero-order valence-corrected chi connectivity index (χ0v) is 72.1. The van der Waals surface area contributed by atoms with Crippen molar-refractivity contribution in [2.45, 2.75) is 270 Å². The number of primary amides is 2. The number of guanidine groups is 2. The summed E-state index contributed by atoms with van der Waals surface area (Å²) in [5.74, 6) is -22.1. The van der Waals surface area contributed by atoms with E-state index < -0.39 is 265 Å². The van der Waals surface area contributed by atoms with E-state index in [9.17, 15) is 106 Å². The van der Waals surface area contributed by atoms with Gasteiger partial charge in [0.2, 0.25) is 100 Å². The fourth-order valence-corrected chi connectivity index (χ4v) is 12.6. The Hall–Kier alpha value is -12.4.